The SMILES string of the molecule is CCN(Cc1ccccc1)C(=O)CCCN(c1ccc(OC)cc1)S(C)(=O)=O. The molecule has 7 heteroatoms. The molecule has 0 aliphatic carbocycles. The van der Waals surface area contributed by atoms with Crippen LogP contribution in [0, 0.1) is 0 Å². The van der Waals surface area contributed by atoms with Crippen LogP contribution in [0.3, 0.4) is 0 Å². The van der Waals surface area contributed by atoms with Gasteiger partial charge in [-0.15, -0.1) is 0 Å². The van der Waals surface area contributed by atoms with Crippen molar-refractivity contribution in [1.82, 2.24) is 4.90 Å². The van der Waals surface area contributed by atoms with Crippen LogP contribution in [0.1, 0.15) is 25.3 Å². The largest absolute Gasteiger partial charge is 0.497 e. The van der Waals surface area contributed by atoms with Gasteiger partial charge in [0.1, 0.15) is 5.75 Å². The van der Waals surface area contributed by atoms with E-state index >= 15 is 0 Å². The Kier molecular flexibility index (Phi) is 7.87. The summed E-state index contributed by atoms with van der Waals surface area (Å²) in [6.45, 7) is 3.37. The lowest BCUT2D eigenvalue weighted by atomic mass is 10.2. The molecule has 0 saturated heterocycles. The predicted octanol–water partition coefficient (Wildman–Crippen LogP) is 3.29. The Hall–Kier alpha value is -2.54. The van der Waals surface area contributed by atoms with Crippen molar-refractivity contribution in [3.05, 3.63) is 60.2 Å². The summed E-state index contributed by atoms with van der Waals surface area (Å²) < 4.78 is 30.8. The molecule has 0 atom stereocenters. The Labute approximate surface area is 167 Å². The molecule has 0 saturated carbocycles. The molecule has 0 radical (unpaired) electrons. The van der Waals surface area contributed by atoms with Gasteiger partial charge in [-0.3, -0.25) is 9.10 Å². The third kappa shape index (κ3) is 6.27. The molecule has 152 valence electrons. The van der Waals surface area contributed by atoms with E-state index in [-0.39, 0.29) is 12.5 Å². The molecule has 0 heterocycles. The van der Waals surface area contributed by atoms with Crippen LogP contribution in [0.2, 0.25) is 0 Å². The van der Waals surface area contributed by atoms with E-state index in [1.807, 2.05) is 37.3 Å². The summed E-state index contributed by atoms with van der Waals surface area (Å²) >= 11 is 0. The second-order valence-electron chi connectivity index (χ2n) is 6.53. The van der Waals surface area contributed by atoms with Crippen molar-refractivity contribution >= 4 is 21.6 Å². The van der Waals surface area contributed by atoms with Gasteiger partial charge in [0.2, 0.25) is 15.9 Å². The quantitative estimate of drug-likeness (QED) is 0.609. The number of methoxy groups -OCH3 is 1. The zero-order valence-corrected chi connectivity index (χ0v) is 17.5. The lowest BCUT2D eigenvalue weighted by Crippen LogP contribution is -2.33. The summed E-state index contributed by atoms with van der Waals surface area (Å²) in [6.07, 6.45) is 1.92. The van der Waals surface area contributed by atoms with Gasteiger partial charge in [-0.1, -0.05) is 30.3 Å². The monoisotopic (exact) mass is 404 g/mol. The van der Waals surface area contributed by atoms with Crippen molar-refractivity contribution in [2.75, 3.05) is 30.8 Å². The van der Waals surface area contributed by atoms with Crippen molar-refractivity contribution in [3.8, 4) is 5.75 Å². The molecule has 2 aromatic carbocycles. The fourth-order valence-corrected chi connectivity index (χ4v) is 3.91. The van der Waals surface area contributed by atoms with Crippen LogP contribution in [0.5, 0.6) is 5.75 Å². The van der Waals surface area contributed by atoms with E-state index in [4.69, 9.17) is 4.74 Å². The average Bonchev–Trinajstić information content (AvgIpc) is 2.69. The minimum Gasteiger partial charge on any atom is -0.497 e. The van der Waals surface area contributed by atoms with Gasteiger partial charge < -0.3 is 9.64 Å². The first-order valence-corrected chi connectivity index (χ1v) is 11.1. The van der Waals surface area contributed by atoms with Crippen LogP contribution < -0.4 is 9.04 Å². The number of sulfonamides is 1. The van der Waals surface area contributed by atoms with E-state index in [1.54, 1.807) is 36.3 Å². The lowest BCUT2D eigenvalue weighted by Gasteiger charge is -2.24. The van der Waals surface area contributed by atoms with E-state index in [9.17, 15) is 13.2 Å². The van der Waals surface area contributed by atoms with E-state index in [1.165, 1.54) is 10.6 Å². The molecule has 0 aliphatic rings. The first-order chi connectivity index (χ1) is 13.3. The molecular formula is C21H28N2O4S. The minimum atomic E-state index is -3.44. The summed E-state index contributed by atoms with van der Waals surface area (Å²) in [5.74, 6) is 0.682. The summed E-state index contributed by atoms with van der Waals surface area (Å²) in [5, 5.41) is 0. The van der Waals surface area contributed by atoms with Crippen LogP contribution in [-0.2, 0) is 21.4 Å². The first kappa shape index (κ1) is 21.8. The Morgan fingerprint density at radius 2 is 1.68 bits per heavy atom. The molecule has 2 rings (SSSR count). The summed E-state index contributed by atoms with van der Waals surface area (Å²) in [4.78, 5) is 14.4. The fourth-order valence-electron chi connectivity index (χ4n) is 2.95. The normalized spacial score (nSPS) is 11.1. The molecule has 6 nitrogen and oxygen atoms in total. The zero-order valence-electron chi connectivity index (χ0n) is 16.7. The van der Waals surface area contributed by atoms with E-state index in [0.29, 0.717) is 37.4 Å². The van der Waals surface area contributed by atoms with Gasteiger partial charge in [0.15, 0.2) is 0 Å². The van der Waals surface area contributed by atoms with Crippen molar-refractivity contribution < 1.29 is 17.9 Å². The van der Waals surface area contributed by atoms with Crippen LogP contribution in [0.15, 0.2) is 54.6 Å². The number of carbonyl (C=O) groups is 1. The van der Waals surface area contributed by atoms with Crippen LogP contribution in [0.25, 0.3) is 0 Å². The average molecular weight is 405 g/mol. The molecule has 0 fully saturated rings. The van der Waals surface area contributed by atoms with Gasteiger partial charge in [0.05, 0.1) is 19.1 Å². The van der Waals surface area contributed by atoms with Crippen LogP contribution >= 0.6 is 0 Å². The maximum atomic E-state index is 12.6. The van der Waals surface area contributed by atoms with Gasteiger partial charge in [0.25, 0.3) is 0 Å². The highest BCUT2D eigenvalue weighted by Gasteiger charge is 2.19. The second-order valence-corrected chi connectivity index (χ2v) is 8.44. The lowest BCUT2D eigenvalue weighted by molar-refractivity contribution is -0.131. The summed E-state index contributed by atoms with van der Waals surface area (Å²) in [6, 6.07) is 16.7. The standard InChI is InChI=1S/C21H28N2O4S/c1-4-22(17-18-9-6-5-7-10-18)21(24)11-8-16-23(28(3,25)26)19-12-14-20(27-2)15-13-19/h5-7,9-10,12-15H,4,8,11,16-17H2,1-3H3. The number of anilines is 1. The Bertz CT molecular complexity index is 852. The highest BCUT2D eigenvalue weighted by Crippen LogP contribution is 2.22. The molecule has 0 aromatic heterocycles. The van der Waals surface area contributed by atoms with Gasteiger partial charge in [-0.25, -0.2) is 8.42 Å². The van der Waals surface area contributed by atoms with Gasteiger partial charge in [-0.05, 0) is 43.2 Å². The van der Waals surface area contributed by atoms with Crippen LogP contribution in [-0.4, -0.2) is 45.7 Å². The number of hydrogen-bond acceptors (Lipinski definition) is 4. The number of carbonyl (C=O) groups excluding carboxylic acids is 1. The Morgan fingerprint density at radius 3 is 2.21 bits per heavy atom. The molecule has 0 bridgehead atoms. The number of hydrogen-bond donors (Lipinski definition) is 0. The number of ether oxygens (including phenoxy) is 1. The predicted molar refractivity (Wildman–Crippen MR) is 112 cm³/mol. The maximum Gasteiger partial charge on any atom is 0.232 e. The second kappa shape index (κ2) is 10.1. The molecule has 0 N–H and O–H groups in total. The van der Waals surface area contributed by atoms with Crippen molar-refractivity contribution in [2.24, 2.45) is 0 Å². The van der Waals surface area contributed by atoms with Crippen molar-refractivity contribution in [2.45, 2.75) is 26.3 Å². The van der Waals surface area contributed by atoms with Crippen molar-refractivity contribution in [3.63, 3.8) is 0 Å². The smallest absolute Gasteiger partial charge is 0.232 e. The topological polar surface area (TPSA) is 66.9 Å². The first-order valence-electron chi connectivity index (χ1n) is 9.28. The van der Waals surface area contributed by atoms with Gasteiger partial charge in [-0.2, -0.15) is 0 Å². The number of amides is 1. The molecule has 28 heavy (non-hydrogen) atoms. The third-order valence-electron chi connectivity index (χ3n) is 4.46. The molecule has 2 aromatic rings. The third-order valence-corrected chi connectivity index (χ3v) is 5.66. The molecular weight excluding hydrogens is 376 g/mol. The highest BCUT2D eigenvalue weighted by atomic mass is 32.2. The van der Waals surface area contributed by atoms with Gasteiger partial charge >= 0.3 is 0 Å². The summed E-state index contributed by atoms with van der Waals surface area (Å²) in [5.41, 5.74) is 1.64. The highest BCUT2D eigenvalue weighted by molar-refractivity contribution is 7.92. The van der Waals surface area contributed by atoms with Gasteiger partial charge in [0, 0.05) is 26.1 Å². The van der Waals surface area contributed by atoms with Crippen molar-refractivity contribution in [1.29, 1.82) is 0 Å². The molecule has 0 aliphatic heterocycles. The Morgan fingerprint density at radius 1 is 1.04 bits per heavy atom. The minimum absolute atomic E-state index is 0.0227. The zero-order chi connectivity index (χ0) is 20.6. The Balaban J connectivity index is 1.97. The number of benzene rings is 2. The van der Waals surface area contributed by atoms with E-state index < -0.39 is 10.0 Å². The molecule has 0 unspecified atom stereocenters. The fraction of sp³-hybridized carbons (Fsp3) is 0.381. The number of nitrogens with zero attached hydrogens (tertiary/aromatic N) is 2. The van der Waals surface area contributed by atoms with E-state index in [2.05, 4.69) is 0 Å². The van der Waals surface area contributed by atoms with Crippen LogP contribution in [0.4, 0.5) is 5.69 Å². The number of rotatable bonds is 10. The summed E-state index contributed by atoms with van der Waals surface area (Å²) in [7, 11) is -1.88. The maximum absolute atomic E-state index is 12.6. The van der Waals surface area contributed by atoms with E-state index in [0.717, 1.165) is 5.56 Å². The molecule has 1 amide bonds. The molecule has 0 spiro atoms.